The van der Waals surface area contributed by atoms with E-state index in [2.05, 4.69) is 31.9 Å². The lowest BCUT2D eigenvalue weighted by Crippen LogP contribution is -2.61. The van der Waals surface area contributed by atoms with Crippen LogP contribution in [0.15, 0.2) is 0 Å². The summed E-state index contributed by atoms with van der Waals surface area (Å²) in [6, 6.07) is -5.76. The van der Waals surface area contributed by atoms with Crippen LogP contribution in [-0.2, 0) is 43.2 Å². The number of nitrogens with two attached hydrogens (primary N) is 2. The fourth-order valence-electron chi connectivity index (χ4n) is 5.16. The number of likely N-dealkylation sites (tertiary alicyclic amines) is 1. The van der Waals surface area contributed by atoms with Gasteiger partial charge >= 0.3 is 5.97 Å². The van der Waals surface area contributed by atoms with Crippen LogP contribution < -0.4 is 43.4 Å². The van der Waals surface area contributed by atoms with Crippen LogP contribution in [0.1, 0.15) is 67.2 Å². The van der Waals surface area contributed by atoms with Crippen molar-refractivity contribution in [1.29, 1.82) is 0 Å². The number of carboxylic acid groups (broad SMARTS) is 1. The van der Waals surface area contributed by atoms with E-state index < -0.39 is 114 Å². The number of hydrogen-bond donors (Lipinski definition) is 9. The van der Waals surface area contributed by atoms with Crippen LogP contribution in [-0.4, -0.2) is 120 Å². The summed E-state index contributed by atoms with van der Waals surface area (Å²) in [5.41, 5.74) is 10.5. The zero-order valence-corrected chi connectivity index (χ0v) is 29.5. The Morgan fingerprint density at radius 3 is 1.68 bits per heavy atom. The van der Waals surface area contributed by atoms with Crippen LogP contribution in [0, 0.1) is 17.8 Å². The van der Waals surface area contributed by atoms with E-state index in [0.717, 1.165) is 0 Å². The van der Waals surface area contributed by atoms with Gasteiger partial charge in [-0.1, -0.05) is 41.5 Å². The van der Waals surface area contributed by atoms with Crippen molar-refractivity contribution in [3.8, 4) is 0 Å². The summed E-state index contributed by atoms with van der Waals surface area (Å²) in [5, 5.41) is 23.8. The fraction of sp³-hybridized carbons (Fsp3) is 0.710. The maximum Gasteiger partial charge on any atom is 0.322 e. The molecular weight excluding hydrogens is 658 g/mol. The number of carbonyl (C=O) groups excluding carboxylic acids is 8. The average Bonchev–Trinajstić information content (AvgIpc) is 3.53. The zero-order chi connectivity index (χ0) is 38.3. The van der Waals surface area contributed by atoms with Gasteiger partial charge in [-0.3, -0.25) is 43.2 Å². The molecule has 282 valence electrons. The molecule has 19 heteroatoms. The Labute approximate surface area is 291 Å². The van der Waals surface area contributed by atoms with Crippen molar-refractivity contribution in [2.24, 2.45) is 29.2 Å². The maximum absolute atomic E-state index is 13.6. The minimum atomic E-state index is -1.31. The quantitative estimate of drug-likeness (QED) is 0.0595. The molecule has 0 unspecified atom stereocenters. The van der Waals surface area contributed by atoms with Crippen molar-refractivity contribution in [2.75, 3.05) is 26.2 Å². The highest BCUT2D eigenvalue weighted by atomic mass is 16.4. The van der Waals surface area contributed by atoms with Crippen LogP contribution in [0.25, 0.3) is 0 Å². The van der Waals surface area contributed by atoms with Gasteiger partial charge in [-0.2, -0.15) is 0 Å². The van der Waals surface area contributed by atoms with Gasteiger partial charge in [0, 0.05) is 13.0 Å². The van der Waals surface area contributed by atoms with Crippen LogP contribution in [0.3, 0.4) is 0 Å². The second-order valence-electron chi connectivity index (χ2n) is 13.1. The second-order valence-corrected chi connectivity index (χ2v) is 13.1. The highest BCUT2D eigenvalue weighted by molar-refractivity contribution is 5.97. The summed E-state index contributed by atoms with van der Waals surface area (Å²) >= 11 is 0. The summed E-state index contributed by atoms with van der Waals surface area (Å²) in [4.78, 5) is 114. The molecule has 0 aromatic carbocycles. The molecule has 0 aromatic rings. The first kappa shape index (κ1) is 43.2. The summed E-state index contributed by atoms with van der Waals surface area (Å²) in [5.74, 6) is -8.17. The third-order valence-corrected chi connectivity index (χ3v) is 7.94. The number of primary amides is 1. The molecule has 0 aliphatic carbocycles. The van der Waals surface area contributed by atoms with Gasteiger partial charge < -0.3 is 53.4 Å². The molecule has 19 nitrogen and oxygen atoms in total. The molecule has 1 fully saturated rings. The van der Waals surface area contributed by atoms with Crippen LogP contribution in [0.2, 0.25) is 0 Å². The monoisotopic (exact) mass is 711 g/mol. The minimum Gasteiger partial charge on any atom is -0.480 e. The van der Waals surface area contributed by atoms with Gasteiger partial charge in [0.2, 0.25) is 47.3 Å². The molecule has 1 aliphatic rings. The number of nitrogens with zero attached hydrogens (tertiary/aromatic N) is 1. The number of nitrogens with one attached hydrogen (secondary N) is 6. The lowest BCUT2D eigenvalue weighted by molar-refractivity contribution is -0.143. The van der Waals surface area contributed by atoms with E-state index in [9.17, 15) is 43.2 Å². The molecule has 0 saturated carbocycles. The largest absolute Gasteiger partial charge is 0.480 e. The van der Waals surface area contributed by atoms with Crippen LogP contribution in [0.4, 0.5) is 0 Å². The number of rotatable bonds is 20. The van der Waals surface area contributed by atoms with Gasteiger partial charge in [0.15, 0.2) is 0 Å². The first-order valence-electron chi connectivity index (χ1n) is 16.6. The summed E-state index contributed by atoms with van der Waals surface area (Å²) in [6.45, 7) is 8.74. The third kappa shape index (κ3) is 14.0. The normalized spacial score (nSPS) is 16.5. The first-order valence-corrected chi connectivity index (χ1v) is 16.6. The molecule has 0 spiro atoms. The molecule has 1 heterocycles. The number of carbonyl (C=O) groups is 9. The summed E-state index contributed by atoms with van der Waals surface area (Å²) < 4.78 is 0. The Morgan fingerprint density at radius 2 is 1.22 bits per heavy atom. The molecule has 1 saturated heterocycles. The van der Waals surface area contributed by atoms with E-state index >= 15 is 0 Å². The fourth-order valence-corrected chi connectivity index (χ4v) is 5.16. The van der Waals surface area contributed by atoms with E-state index in [0.29, 0.717) is 6.42 Å². The molecule has 0 radical (unpaired) electrons. The minimum absolute atomic E-state index is 0.146. The molecule has 1 aliphatic heterocycles. The van der Waals surface area contributed by atoms with Gasteiger partial charge in [0.25, 0.3) is 0 Å². The van der Waals surface area contributed by atoms with Crippen molar-refractivity contribution in [1.82, 2.24) is 36.8 Å². The van der Waals surface area contributed by atoms with E-state index in [1.807, 2.05) is 0 Å². The zero-order valence-electron chi connectivity index (χ0n) is 29.5. The van der Waals surface area contributed by atoms with Crippen molar-refractivity contribution < 1.29 is 48.3 Å². The van der Waals surface area contributed by atoms with Crippen LogP contribution >= 0.6 is 0 Å². The van der Waals surface area contributed by atoms with Gasteiger partial charge in [0.1, 0.15) is 36.8 Å². The highest BCUT2D eigenvalue weighted by Crippen LogP contribution is 2.20. The molecule has 0 bridgehead atoms. The highest BCUT2D eigenvalue weighted by Gasteiger charge is 2.39. The maximum atomic E-state index is 13.6. The lowest BCUT2D eigenvalue weighted by Gasteiger charge is -2.31. The van der Waals surface area contributed by atoms with E-state index in [4.69, 9.17) is 16.6 Å². The molecule has 50 heavy (non-hydrogen) atoms. The standard InChI is InChI=1S/C31H53N9O10/c1-15(2)24(37-22(43)13-34-21(42)12-32)29(48)39-26(17(5)6)30(49)38-25(16(3)4)28(47)36-18(9-10-20(33)41)31(50)40-11-7-8-19(40)27(46)35-14-23(44)45/h15-19,24-26H,7-14,32H2,1-6H3,(H2,33,41)(H,34,42)(H,35,46)(H,36,47)(H,37,43)(H,38,49)(H,39,48)(H,44,45)/t18-,19-,24-,25-,26-/m0/s1. The Morgan fingerprint density at radius 1 is 0.720 bits per heavy atom. The van der Waals surface area contributed by atoms with Crippen molar-refractivity contribution in [2.45, 2.75) is 97.4 Å². The molecule has 8 amide bonds. The van der Waals surface area contributed by atoms with Gasteiger partial charge in [-0.25, -0.2) is 0 Å². The Hall–Kier alpha value is -4.81. The average molecular weight is 712 g/mol. The molecule has 1 rings (SSSR count). The second kappa shape index (κ2) is 20.6. The topological polar surface area (TPSA) is 301 Å². The third-order valence-electron chi connectivity index (χ3n) is 7.94. The van der Waals surface area contributed by atoms with Crippen molar-refractivity contribution in [3.05, 3.63) is 0 Å². The van der Waals surface area contributed by atoms with E-state index in [1.54, 1.807) is 41.5 Å². The van der Waals surface area contributed by atoms with Crippen molar-refractivity contribution in [3.63, 3.8) is 0 Å². The van der Waals surface area contributed by atoms with Gasteiger partial charge in [-0.15, -0.1) is 0 Å². The number of amides is 8. The van der Waals surface area contributed by atoms with Gasteiger partial charge in [-0.05, 0) is 37.0 Å². The van der Waals surface area contributed by atoms with Gasteiger partial charge in [0.05, 0.1) is 13.1 Å². The van der Waals surface area contributed by atoms with E-state index in [1.165, 1.54) is 4.90 Å². The smallest absolute Gasteiger partial charge is 0.322 e. The Kier molecular flexibility index (Phi) is 17.8. The first-order chi connectivity index (χ1) is 23.3. The Balaban J connectivity index is 3.14. The molecular formula is C31H53N9O10. The number of carboxylic acids is 1. The molecule has 0 aromatic heterocycles. The molecule has 5 atom stereocenters. The SMILES string of the molecule is CC(C)[C@H](NC(=O)CNC(=O)CN)C(=O)N[C@H](C(=O)N[C@H](C(=O)N[C@@H](CCC(N)=O)C(=O)N1CCC[C@H]1C(=O)NCC(=O)O)C(C)C)C(C)C. The molecule has 11 N–H and O–H groups in total. The predicted molar refractivity (Wildman–Crippen MR) is 178 cm³/mol. The summed E-state index contributed by atoms with van der Waals surface area (Å²) in [7, 11) is 0. The predicted octanol–water partition coefficient (Wildman–Crippen LogP) is -3.57. The van der Waals surface area contributed by atoms with Crippen LogP contribution in [0.5, 0.6) is 0 Å². The summed E-state index contributed by atoms with van der Waals surface area (Å²) in [6.07, 6.45) is 0.203. The van der Waals surface area contributed by atoms with E-state index in [-0.39, 0.29) is 32.4 Å². The van der Waals surface area contributed by atoms with Crippen molar-refractivity contribution >= 4 is 53.2 Å². The number of aliphatic carboxylic acids is 1. The Bertz CT molecular complexity index is 1270. The number of hydrogen-bond acceptors (Lipinski definition) is 10. The lowest BCUT2D eigenvalue weighted by atomic mass is 9.97.